The van der Waals surface area contributed by atoms with Gasteiger partial charge in [0.05, 0.1) is 0 Å². The van der Waals surface area contributed by atoms with Crippen molar-refractivity contribution in [3.63, 3.8) is 0 Å². The van der Waals surface area contributed by atoms with E-state index in [1.54, 1.807) is 0 Å². The first-order valence-electron chi connectivity index (χ1n) is 7.85. The van der Waals surface area contributed by atoms with Crippen LogP contribution in [0.25, 0.3) is 0 Å². The van der Waals surface area contributed by atoms with Gasteiger partial charge in [-0.1, -0.05) is 41.9 Å². The molecule has 0 aromatic heterocycles. The van der Waals surface area contributed by atoms with Crippen molar-refractivity contribution in [3.05, 3.63) is 69.7 Å². The van der Waals surface area contributed by atoms with Gasteiger partial charge in [-0.25, -0.2) is 0 Å². The minimum Gasteiger partial charge on any atom is -0.330 e. The number of aryl methyl sites for hydroxylation is 2. The smallest absolute Gasteiger partial charge is 0.0406 e. The third-order valence-corrected chi connectivity index (χ3v) is 4.75. The average molecular weight is 300 g/mol. The largest absolute Gasteiger partial charge is 0.330 e. The lowest BCUT2D eigenvalue weighted by atomic mass is 9.84. The average Bonchev–Trinajstić information content (AvgIpc) is 2.53. The molecular formula is C19H22ClN. The van der Waals surface area contributed by atoms with Crippen molar-refractivity contribution < 1.29 is 0 Å². The Balaban J connectivity index is 1.95. The predicted molar refractivity (Wildman–Crippen MR) is 90.1 cm³/mol. The second-order valence-corrected chi connectivity index (χ2v) is 6.35. The van der Waals surface area contributed by atoms with Gasteiger partial charge in [0.25, 0.3) is 0 Å². The molecule has 0 saturated heterocycles. The molecule has 2 aromatic carbocycles. The molecule has 1 unspecified atom stereocenters. The Morgan fingerprint density at radius 3 is 2.29 bits per heavy atom. The Kier molecular flexibility index (Phi) is 4.62. The minimum absolute atomic E-state index is 0.375. The number of benzene rings is 2. The first-order chi connectivity index (χ1) is 10.3. The van der Waals surface area contributed by atoms with Crippen LogP contribution in [0.3, 0.4) is 0 Å². The van der Waals surface area contributed by atoms with Gasteiger partial charge >= 0.3 is 0 Å². The van der Waals surface area contributed by atoms with Crippen molar-refractivity contribution in [2.75, 3.05) is 6.54 Å². The van der Waals surface area contributed by atoms with Crippen LogP contribution in [-0.4, -0.2) is 6.54 Å². The fourth-order valence-electron chi connectivity index (χ4n) is 3.36. The Bertz CT molecular complexity index is 603. The summed E-state index contributed by atoms with van der Waals surface area (Å²) in [6.45, 7) is 0.699. The number of nitrogens with two attached hydrogens (primary N) is 1. The SMILES string of the molecule is NCCC(c1ccc(Cl)cc1)c1ccc2c(c1)CCCC2. The van der Waals surface area contributed by atoms with Gasteiger partial charge in [-0.05, 0) is 73.0 Å². The molecule has 1 aliphatic rings. The zero-order valence-corrected chi connectivity index (χ0v) is 13.1. The zero-order chi connectivity index (χ0) is 14.7. The molecule has 0 saturated carbocycles. The molecule has 0 fully saturated rings. The standard InChI is InChI=1S/C19H22ClN/c20-18-9-7-15(8-10-18)19(11-12-21)17-6-5-14-3-1-2-4-16(14)13-17/h5-10,13,19H,1-4,11-12,21H2. The van der Waals surface area contributed by atoms with Gasteiger partial charge in [0.2, 0.25) is 0 Å². The molecule has 2 N–H and O–H groups in total. The molecule has 1 nitrogen and oxygen atoms in total. The number of fused-ring (bicyclic) bond motifs is 1. The first kappa shape index (κ1) is 14.6. The molecule has 0 aliphatic heterocycles. The van der Waals surface area contributed by atoms with Crippen LogP contribution in [-0.2, 0) is 12.8 Å². The third-order valence-electron chi connectivity index (χ3n) is 4.50. The van der Waals surface area contributed by atoms with Crippen molar-refractivity contribution in [2.24, 2.45) is 5.73 Å². The van der Waals surface area contributed by atoms with E-state index in [0.717, 1.165) is 11.4 Å². The number of hydrogen-bond acceptors (Lipinski definition) is 1. The fourth-order valence-corrected chi connectivity index (χ4v) is 3.48. The summed E-state index contributed by atoms with van der Waals surface area (Å²) < 4.78 is 0. The van der Waals surface area contributed by atoms with Crippen LogP contribution in [0.1, 0.15) is 47.4 Å². The molecule has 0 amide bonds. The van der Waals surface area contributed by atoms with Crippen LogP contribution in [0, 0.1) is 0 Å². The summed E-state index contributed by atoms with van der Waals surface area (Å²) in [7, 11) is 0. The molecule has 2 heteroatoms. The molecule has 2 aromatic rings. The van der Waals surface area contributed by atoms with Crippen molar-refractivity contribution >= 4 is 11.6 Å². The molecular weight excluding hydrogens is 278 g/mol. The van der Waals surface area contributed by atoms with E-state index < -0.39 is 0 Å². The summed E-state index contributed by atoms with van der Waals surface area (Å²) in [6, 6.07) is 15.2. The normalized spacial score (nSPS) is 15.5. The number of hydrogen-bond donors (Lipinski definition) is 1. The van der Waals surface area contributed by atoms with Gasteiger partial charge in [0, 0.05) is 10.9 Å². The molecule has 3 rings (SSSR count). The van der Waals surface area contributed by atoms with Gasteiger partial charge in [-0.3, -0.25) is 0 Å². The summed E-state index contributed by atoms with van der Waals surface area (Å²) in [6.07, 6.45) is 6.08. The lowest BCUT2D eigenvalue weighted by Gasteiger charge is -2.22. The van der Waals surface area contributed by atoms with E-state index in [0.29, 0.717) is 12.5 Å². The van der Waals surface area contributed by atoms with Crippen LogP contribution in [0.15, 0.2) is 42.5 Å². The molecule has 1 atom stereocenters. The van der Waals surface area contributed by atoms with Crippen molar-refractivity contribution in [1.82, 2.24) is 0 Å². The second-order valence-electron chi connectivity index (χ2n) is 5.92. The summed E-state index contributed by atoms with van der Waals surface area (Å²) in [4.78, 5) is 0. The molecule has 21 heavy (non-hydrogen) atoms. The van der Waals surface area contributed by atoms with E-state index in [1.165, 1.54) is 47.9 Å². The highest BCUT2D eigenvalue weighted by atomic mass is 35.5. The molecule has 0 bridgehead atoms. The van der Waals surface area contributed by atoms with Crippen LogP contribution in [0.4, 0.5) is 0 Å². The summed E-state index contributed by atoms with van der Waals surface area (Å²) in [5, 5.41) is 0.788. The highest BCUT2D eigenvalue weighted by molar-refractivity contribution is 6.30. The molecule has 110 valence electrons. The van der Waals surface area contributed by atoms with Gasteiger partial charge in [0.15, 0.2) is 0 Å². The first-order valence-corrected chi connectivity index (χ1v) is 8.23. The number of halogens is 1. The quantitative estimate of drug-likeness (QED) is 0.870. The topological polar surface area (TPSA) is 26.0 Å². The zero-order valence-electron chi connectivity index (χ0n) is 12.3. The van der Waals surface area contributed by atoms with E-state index in [1.807, 2.05) is 12.1 Å². The fraction of sp³-hybridized carbons (Fsp3) is 0.368. The summed E-state index contributed by atoms with van der Waals surface area (Å²) in [5.74, 6) is 0.375. The Labute approximate surface area is 132 Å². The molecule has 0 heterocycles. The molecule has 0 spiro atoms. The maximum Gasteiger partial charge on any atom is 0.0406 e. The van der Waals surface area contributed by atoms with E-state index >= 15 is 0 Å². The lowest BCUT2D eigenvalue weighted by Crippen LogP contribution is -2.10. The summed E-state index contributed by atoms with van der Waals surface area (Å²) in [5.41, 5.74) is 11.6. The van der Waals surface area contributed by atoms with Gasteiger partial charge < -0.3 is 5.73 Å². The van der Waals surface area contributed by atoms with Crippen molar-refractivity contribution in [3.8, 4) is 0 Å². The van der Waals surface area contributed by atoms with Crippen molar-refractivity contribution in [2.45, 2.75) is 38.0 Å². The Morgan fingerprint density at radius 2 is 1.57 bits per heavy atom. The van der Waals surface area contributed by atoms with Crippen LogP contribution in [0.5, 0.6) is 0 Å². The van der Waals surface area contributed by atoms with E-state index in [-0.39, 0.29) is 0 Å². The van der Waals surface area contributed by atoms with Gasteiger partial charge in [-0.2, -0.15) is 0 Å². The minimum atomic E-state index is 0.375. The Hall–Kier alpha value is -1.31. The van der Waals surface area contributed by atoms with Crippen LogP contribution < -0.4 is 5.73 Å². The number of rotatable bonds is 4. The lowest BCUT2D eigenvalue weighted by molar-refractivity contribution is 0.677. The highest BCUT2D eigenvalue weighted by Gasteiger charge is 2.16. The second kappa shape index (κ2) is 6.64. The van der Waals surface area contributed by atoms with Gasteiger partial charge in [-0.15, -0.1) is 0 Å². The highest BCUT2D eigenvalue weighted by Crippen LogP contribution is 2.31. The monoisotopic (exact) mass is 299 g/mol. The molecule has 1 aliphatic carbocycles. The van der Waals surface area contributed by atoms with E-state index in [2.05, 4.69) is 30.3 Å². The maximum atomic E-state index is 6.01. The van der Waals surface area contributed by atoms with E-state index in [9.17, 15) is 0 Å². The molecule has 0 radical (unpaired) electrons. The summed E-state index contributed by atoms with van der Waals surface area (Å²) >= 11 is 6.01. The van der Waals surface area contributed by atoms with E-state index in [4.69, 9.17) is 17.3 Å². The van der Waals surface area contributed by atoms with Crippen LogP contribution >= 0.6 is 11.6 Å². The van der Waals surface area contributed by atoms with Crippen molar-refractivity contribution in [1.29, 1.82) is 0 Å². The maximum absolute atomic E-state index is 6.01. The third kappa shape index (κ3) is 3.30. The predicted octanol–water partition coefficient (Wildman–Crippen LogP) is 4.70. The van der Waals surface area contributed by atoms with Gasteiger partial charge in [0.1, 0.15) is 0 Å². The van der Waals surface area contributed by atoms with Crippen LogP contribution in [0.2, 0.25) is 5.02 Å². The Morgan fingerprint density at radius 1 is 0.905 bits per heavy atom.